The molecule has 2 N–H and O–H groups in total. The molecule has 0 aliphatic carbocycles. The molecule has 0 aliphatic heterocycles. The van der Waals surface area contributed by atoms with Gasteiger partial charge >= 0.3 is 0 Å². The molecule has 2 aromatic rings. The van der Waals surface area contributed by atoms with E-state index in [4.69, 9.17) is 19.6 Å². The number of hydrogen-bond acceptors (Lipinski definition) is 4. The first-order valence-corrected chi connectivity index (χ1v) is 5.35. The second-order valence-corrected chi connectivity index (χ2v) is 3.56. The summed E-state index contributed by atoms with van der Waals surface area (Å²) >= 11 is 0. The first-order chi connectivity index (χ1) is 8.33. The van der Waals surface area contributed by atoms with Crippen molar-refractivity contribution in [2.75, 3.05) is 7.11 Å². The lowest BCUT2D eigenvalue weighted by molar-refractivity contribution is 0.283. The van der Waals surface area contributed by atoms with Crippen molar-refractivity contribution < 1.29 is 13.9 Å². The lowest BCUT2D eigenvalue weighted by Gasteiger charge is -2.08. The monoisotopic (exact) mass is 233 g/mol. The number of rotatable bonds is 5. The fourth-order valence-electron chi connectivity index (χ4n) is 1.51. The van der Waals surface area contributed by atoms with Crippen LogP contribution in [0.2, 0.25) is 0 Å². The summed E-state index contributed by atoms with van der Waals surface area (Å²) in [5.74, 6) is 2.18. The number of furan rings is 1. The fraction of sp³-hybridized carbons (Fsp3) is 0.231. The second kappa shape index (κ2) is 5.41. The summed E-state index contributed by atoms with van der Waals surface area (Å²) in [4.78, 5) is 0. The van der Waals surface area contributed by atoms with E-state index in [-0.39, 0.29) is 0 Å². The topological polar surface area (TPSA) is 57.6 Å². The summed E-state index contributed by atoms with van der Waals surface area (Å²) in [6.45, 7) is 0.832. The molecule has 2 rings (SSSR count). The molecule has 0 aliphatic rings. The van der Waals surface area contributed by atoms with Crippen LogP contribution in [-0.4, -0.2) is 7.11 Å². The number of benzene rings is 1. The smallest absolute Gasteiger partial charge is 0.161 e. The first-order valence-electron chi connectivity index (χ1n) is 5.35. The van der Waals surface area contributed by atoms with Crippen LogP contribution in [0, 0.1) is 0 Å². The van der Waals surface area contributed by atoms with Gasteiger partial charge in [0.25, 0.3) is 0 Å². The maximum absolute atomic E-state index is 5.65. The van der Waals surface area contributed by atoms with Crippen LogP contribution in [0.3, 0.4) is 0 Å². The number of hydrogen-bond donors (Lipinski definition) is 1. The van der Waals surface area contributed by atoms with E-state index in [1.165, 1.54) is 0 Å². The molecule has 1 heterocycles. The fourth-order valence-corrected chi connectivity index (χ4v) is 1.51. The molecule has 4 heteroatoms. The van der Waals surface area contributed by atoms with E-state index in [0.29, 0.717) is 18.9 Å². The van der Waals surface area contributed by atoms with Gasteiger partial charge in [0.05, 0.1) is 19.9 Å². The molecule has 0 saturated carbocycles. The zero-order valence-corrected chi connectivity index (χ0v) is 9.68. The van der Waals surface area contributed by atoms with E-state index in [0.717, 1.165) is 17.1 Å². The summed E-state index contributed by atoms with van der Waals surface area (Å²) in [7, 11) is 1.62. The summed E-state index contributed by atoms with van der Waals surface area (Å²) in [6.07, 6.45) is 1.65. The van der Waals surface area contributed by atoms with Crippen LogP contribution in [-0.2, 0) is 13.2 Å². The minimum atomic E-state index is 0.397. The highest BCUT2D eigenvalue weighted by atomic mass is 16.5. The number of nitrogens with two attached hydrogens (primary N) is 1. The van der Waals surface area contributed by atoms with Crippen LogP contribution in [0.5, 0.6) is 11.5 Å². The predicted octanol–water partition coefficient (Wildman–Crippen LogP) is 2.33. The molecule has 1 aromatic heterocycles. The molecule has 0 unspecified atom stereocenters. The van der Waals surface area contributed by atoms with Crippen LogP contribution < -0.4 is 15.2 Å². The Morgan fingerprint density at radius 3 is 2.65 bits per heavy atom. The summed E-state index contributed by atoms with van der Waals surface area (Å²) in [5, 5.41) is 0. The van der Waals surface area contributed by atoms with E-state index >= 15 is 0 Å². The zero-order chi connectivity index (χ0) is 12.1. The Morgan fingerprint density at radius 2 is 2.00 bits per heavy atom. The minimum Gasteiger partial charge on any atom is -0.493 e. The van der Waals surface area contributed by atoms with Gasteiger partial charge in [-0.2, -0.15) is 0 Å². The van der Waals surface area contributed by atoms with Gasteiger partial charge in [-0.3, -0.25) is 0 Å². The third-order valence-corrected chi connectivity index (χ3v) is 2.37. The molecular formula is C13H15NO3. The number of methoxy groups -OCH3 is 1. The average Bonchev–Trinajstić information content (AvgIpc) is 2.84. The van der Waals surface area contributed by atoms with Crippen molar-refractivity contribution in [1.82, 2.24) is 0 Å². The van der Waals surface area contributed by atoms with Gasteiger partial charge in [-0.15, -0.1) is 0 Å². The molecule has 0 atom stereocenters. The van der Waals surface area contributed by atoms with Crippen molar-refractivity contribution in [3.8, 4) is 11.5 Å². The van der Waals surface area contributed by atoms with Crippen LogP contribution in [0.15, 0.2) is 41.0 Å². The van der Waals surface area contributed by atoms with E-state index in [1.807, 2.05) is 30.3 Å². The van der Waals surface area contributed by atoms with Gasteiger partial charge in [-0.25, -0.2) is 0 Å². The van der Waals surface area contributed by atoms with Crippen molar-refractivity contribution in [1.29, 1.82) is 0 Å². The van der Waals surface area contributed by atoms with E-state index in [9.17, 15) is 0 Å². The SMILES string of the molecule is COc1ccccc1OCc1coc(CN)c1. The van der Waals surface area contributed by atoms with Crippen molar-refractivity contribution in [3.05, 3.63) is 47.9 Å². The number of para-hydroxylation sites is 2. The highest BCUT2D eigenvalue weighted by molar-refractivity contribution is 5.39. The van der Waals surface area contributed by atoms with Crippen LogP contribution in [0.1, 0.15) is 11.3 Å². The predicted molar refractivity (Wildman–Crippen MR) is 63.9 cm³/mol. The lowest BCUT2D eigenvalue weighted by Crippen LogP contribution is -1.97. The summed E-state index contributed by atoms with van der Waals surface area (Å²) in [5.41, 5.74) is 6.42. The summed E-state index contributed by atoms with van der Waals surface area (Å²) < 4.78 is 16.1. The van der Waals surface area contributed by atoms with Gasteiger partial charge < -0.3 is 19.6 Å². The van der Waals surface area contributed by atoms with E-state index in [1.54, 1.807) is 13.4 Å². The molecule has 1 aromatic carbocycles. The van der Waals surface area contributed by atoms with Crippen molar-refractivity contribution >= 4 is 0 Å². The lowest BCUT2D eigenvalue weighted by atomic mass is 10.3. The Morgan fingerprint density at radius 1 is 1.24 bits per heavy atom. The maximum Gasteiger partial charge on any atom is 0.161 e. The van der Waals surface area contributed by atoms with Crippen molar-refractivity contribution in [2.24, 2.45) is 5.73 Å². The van der Waals surface area contributed by atoms with Gasteiger partial charge in [-0.1, -0.05) is 12.1 Å². The minimum absolute atomic E-state index is 0.397. The van der Waals surface area contributed by atoms with Gasteiger partial charge in [-0.05, 0) is 18.2 Å². The molecule has 4 nitrogen and oxygen atoms in total. The summed E-state index contributed by atoms with van der Waals surface area (Å²) in [6, 6.07) is 9.41. The largest absolute Gasteiger partial charge is 0.493 e. The van der Waals surface area contributed by atoms with Gasteiger partial charge in [0.1, 0.15) is 12.4 Å². The van der Waals surface area contributed by atoms with Crippen LogP contribution >= 0.6 is 0 Å². The Balaban J connectivity index is 2.01. The molecule has 0 saturated heterocycles. The highest BCUT2D eigenvalue weighted by Gasteiger charge is 2.05. The van der Waals surface area contributed by atoms with Gasteiger partial charge in [0.2, 0.25) is 0 Å². The Kier molecular flexibility index (Phi) is 3.67. The van der Waals surface area contributed by atoms with E-state index in [2.05, 4.69) is 0 Å². The van der Waals surface area contributed by atoms with E-state index < -0.39 is 0 Å². The highest BCUT2D eigenvalue weighted by Crippen LogP contribution is 2.26. The van der Waals surface area contributed by atoms with Crippen molar-refractivity contribution in [3.63, 3.8) is 0 Å². The van der Waals surface area contributed by atoms with Crippen LogP contribution in [0.4, 0.5) is 0 Å². The molecule has 0 fully saturated rings. The molecule has 0 amide bonds. The quantitative estimate of drug-likeness (QED) is 0.861. The third-order valence-electron chi connectivity index (χ3n) is 2.37. The van der Waals surface area contributed by atoms with Gasteiger partial charge in [0.15, 0.2) is 11.5 Å². The number of ether oxygens (including phenoxy) is 2. The Hall–Kier alpha value is -1.94. The Labute approximate surface area is 99.9 Å². The maximum atomic E-state index is 5.65. The van der Waals surface area contributed by atoms with Crippen LogP contribution in [0.25, 0.3) is 0 Å². The van der Waals surface area contributed by atoms with Crippen molar-refractivity contribution in [2.45, 2.75) is 13.2 Å². The normalized spacial score (nSPS) is 10.2. The molecule has 0 bridgehead atoms. The molecular weight excluding hydrogens is 218 g/mol. The first kappa shape index (κ1) is 11.5. The Bertz CT molecular complexity index is 479. The van der Waals surface area contributed by atoms with Gasteiger partial charge in [0, 0.05) is 5.56 Å². The molecule has 17 heavy (non-hydrogen) atoms. The standard InChI is InChI=1S/C13H15NO3/c1-15-12-4-2-3-5-13(12)17-9-10-6-11(7-14)16-8-10/h2-6,8H,7,9,14H2,1H3. The molecule has 0 radical (unpaired) electrons. The average molecular weight is 233 g/mol. The molecule has 0 spiro atoms. The third kappa shape index (κ3) is 2.79. The molecule has 90 valence electrons. The zero-order valence-electron chi connectivity index (χ0n) is 9.68. The second-order valence-electron chi connectivity index (χ2n) is 3.56.